The molecule has 1 aromatic carbocycles. The van der Waals surface area contributed by atoms with E-state index in [1.54, 1.807) is 38.1 Å². The number of carboxylic acid groups (broad SMARTS) is 2. The first kappa shape index (κ1) is 27.1. The molecule has 0 bridgehead atoms. The minimum Gasteiger partial charge on any atom is -0.481 e. The molecule has 0 aliphatic rings. The number of nitrogens with two attached hydrogens (primary N) is 1. The summed E-state index contributed by atoms with van der Waals surface area (Å²) in [5.41, 5.74) is 6.77. The number of carboxylic acids is 2. The van der Waals surface area contributed by atoms with Gasteiger partial charge in [0.15, 0.2) is 0 Å². The predicted octanol–water partition coefficient (Wildman–Crippen LogP) is -0.796. The van der Waals surface area contributed by atoms with Gasteiger partial charge in [-0.25, -0.2) is 4.79 Å². The molecule has 0 aliphatic heterocycles. The standard InChI is InChI=1S/C21H29N5O7/c1-11(2)18(21(32)33)26-20(31)14(9-17(29)30)25-16(28)10-24-15(27)8-5-12-3-6-13(7-4-12)19(22)23/h3-4,6-7,11,14,18H,5,8-10H2,1-2H3,(H3,22,23)(H,24,27)(H,25,28)(H,26,31)(H,29,30)(H,32,33)/t14-,18-/m0/s1. The van der Waals surface area contributed by atoms with Crippen LogP contribution in [0, 0.1) is 11.3 Å². The van der Waals surface area contributed by atoms with E-state index >= 15 is 0 Å². The Kier molecular flexibility index (Phi) is 10.5. The number of hydrogen-bond acceptors (Lipinski definition) is 6. The van der Waals surface area contributed by atoms with Crippen LogP contribution >= 0.6 is 0 Å². The first-order valence-electron chi connectivity index (χ1n) is 10.1. The Morgan fingerprint density at radius 2 is 1.61 bits per heavy atom. The molecule has 2 atom stereocenters. The van der Waals surface area contributed by atoms with Crippen molar-refractivity contribution in [1.29, 1.82) is 5.41 Å². The summed E-state index contributed by atoms with van der Waals surface area (Å²) in [5, 5.41) is 32.3. The third-order valence-electron chi connectivity index (χ3n) is 4.61. The Balaban J connectivity index is 2.58. The number of nitrogen functional groups attached to an aromatic ring is 1. The largest absolute Gasteiger partial charge is 0.481 e. The average molecular weight is 463 g/mol. The number of carbonyl (C=O) groups is 5. The van der Waals surface area contributed by atoms with Crippen molar-refractivity contribution in [2.45, 2.75) is 45.2 Å². The van der Waals surface area contributed by atoms with E-state index in [2.05, 4.69) is 16.0 Å². The number of aliphatic carboxylic acids is 2. The lowest BCUT2D eigenvalue weighted by molar-refractivity contribution is -0.144. The van der Waals surface area contributed by atoms with E-state index in [0.29, 0.717) is 12.0 Å². The molecule has 1 rings (SSSR count). The molecule has 0 aliphatic carbocycles. The van der Waals surface area contributed by atoms with Crippen LogP contribution in [0.2, 0.25) is 0 Å². The molecule has 0 unspecified atom stereocenters. The van der Waals surface area contributed by atoms with Crippen molar-refractivity contribution < 1.29 is 34.2 Å². The zero-order chi connectivity index (χ0) is 25.1. The Labute approximate surface area is 190 Å². The van der Waals surface area contributed by atoms with Crippen molar-refractivity contribution in [3.63, 3.8) is 0 Å². The van der Waals surface area contributed by atoms with Crippen molar-refractivity contribution in [2.75, 3.05) is 6.54 Å². The Morgan fingerprint density at radius 3 is 2.09 bits per heavy atom. The topological polar surface area (TPSA) is 212 Å². The minimum atomic E-state index is -1.51. The molecule has 180 valence electrons. The number of amidine groups is 1. The zero-order valence-electron chi connectivity index (χ0n) is 18.4. The molecule has 0 heterocycles. The number of benzene rings is 1. The highest BCUT2D eigenvalue weighted by molar-refractivity contribution is 5.95. The van der Waals surface area contributed by atoms with Crippen LogP contribution in [-0.2, 0) is 30.4 Å². The lowest BCUT2D eigenvalue weighted by atomic mass is 10.0. The normalized spacial score (nSPS) is 12.3. The van der Waals surface area contributed by atoms with Crippen molar-refractivity contribution in [1.82, 2.24) is 16.0 Å². The van der Waals surface area contributed by atoms with Crippen LogP contribution in [0.3, 0.4) is 0 Å². The third-order valence-corrected chi connectivity index (χ3v) is 4.61. The minimum absolute atomic E-state index is 0.0668. The molecule has 33 heavy (non-hydrogen) atoms. The maximum Gasteiger partial charge on any atom is 0.326 e. The van der Waals surface area contributed by atoms with Gasteiger partial charge in [0, 0.05) is 12.0 Å². The van der Waals surface area contributed by atoms with E-state index in [9.17, 15) is 29.1 Å². The van der Waals surface area contributed by atoms with E-state index in [1.165, 1.54) is 0 Å². The van der Waals surface area contributed by atoms with Crippen LogP contribution in [0.4, 0.5) is 0 Å². The smallest absolute Gasteiger partial charge is 0.326 e. The second-order valence-corrected chi connectivity index (χ2v) is 7.67. The van der Waals surface area contributed by atoms with Crippen LogP contribution < -0.4 is 21.7 Å². The molecule has 0 saturated heterocycles. The lowest BCUT2D eigenvalue weighted by Crippen LogP contribution is -2.54. The second-order valence-electron chi connectivity index (χ2n) is 7.67. The average Bonchev–Trinajstić information content (AvgIpc) is 2.73. The summed E-state index contributed by atoms with van der Waals surface area (Å²) in [6, 6.07) is 4.01. The van der Waals surface area contributed by atoms with Crippen molar-refractivity contribution in [2.24, 2.45) is 11.7 Å². The Bertz CT molecular complexity index is 899. The summed E-state index contributed by atoms with van der Waals surface area (Å²) in [4.78, 5) is 58.8. The molecule has 3 amide bonds. The van der Waals surface area contributed by atoms with Gasteiger partial charge in [-0.2, -0.15) is 0 Å². The van der Waals surface area contributed by atoms with Gasteiger partial charge in [0.2, 0.25) is 17.7 Å². The molecule has 0 fully saturated rings. The number of hydrogen-bond donors (Lipinski definition) is 7. The first-order valence-corrected chi connectivity index (χ1v) is 10.1. The van der Waals surface area contributed by atoms with E-state index in [4.69, 9.17) is 16.2 Å². The zero-order valence-corrected chi connectivity index (χ0v) is 18.4. The van der Waals surface area contributed by atoms with Crippen LogP contribution in [0.5, 0.6) is 0 Å². The van der Waals surface area contributed by atoms with Gasteiger partial charge in [-0.05, 0) is 17.9 Å². The maximum atomic E-state index is 12.3. The van der Waals surface area contributed by atoms with Gasteiger partial charge in [0.1, 0.15) is 17.9 Å². The van der Waals surface area contributed by atoms with Crippen LogP contribution in [0.25, 0.3) is 0 Å². The summed E-state index contributed by atoms with van der Waals surface area (Å²) in [6.07, 6.45) is -0.311. The van der Waals surface area contributed by atoms with E-state index in [0.717, 1.165) is 5.56 Å². The lowest BCUT2D eigenvalue weighted by Gasteiger charge is -2.22. The van der Waals surface area contributed by atoms with Crippen molar-refractivity contribution >= 4 is 35.5 Å². The fourth-order valence-electron chi connectivity index (χ4n) is 2.77. The molecular formula is C21H29N5O7. The molecule has 1 aromatic rings. The molecule has 0 saturated carbocycles. The van der Waals surface area contributed by atoms with Crippen LogP contribution in [0.15, 0.2) is 24.3 Å². The monoisotopic (exact) mass is 463 g/mol. The molecule has 12 heteroatoms. The van der Waals surface area contributed by atoms with E-state index in [1.807, 2.05) is 0 Å². The number of carbonyl (C=O) groups excluding carboxylic acids is 3. The summed E-state index contributed by atoms with van der Waals surface area (Å²) in [5.74, 6) is -5.38. The van der Waals surface area contributed by atoms with E-state index < -0.39 is 60.6 Å². The van der Waals surface area contributed by atoms with Gasteiger partial charge in [0.25, 0.3) is 0 Å². The summed E-state index contributed by atoms with van der Waals surface area (Å²) in [7, 11) is 0. The van der Waals surface area contributed by atoms with Gasteiger partial charge in [-0.3, -0.25) is 24.6 Å². The number of rotatable bonds is 13. The summed E-state index contributed by atoms with van der Waals surface area (Å²) >= 11 is 0. The highest BCUT2D eigenvalue weighted by Crippen LogP contribution is 2.06. The molecule has 8 N–H and O–H groups in total. The maximum absolute atomic E-state index is 12.3. The van der Waals surface area contributed by atoms with Crippen molar-refractivity contribution in [3.05, 3.63) is 35.4 Å². The van der Waals surface area contributed by atoms with E-state index in [-0.39, 0.29) is 12.3 Å². The van der Waals surface area contributed by atoms with Crippen molar-refractivity contribution in [3.8, 4) is 0 Å². The molecular weight excluding hydrogens is 434 g/mol. The van der Waals surface area contributed by atoms with Crippen LogP contribution in [-0.4, -0.2) is 64.3 Å². The third kappa shape index (κ3) is 9.80. The predicted molar refractivity (Wildman–Crippen MR) is 117 cm³/mol. The summed E-state index contributed by atoms with van der Waals surface area (Å²) < 4.78 is 0. The van der Waals surface area contributed by atoms with Gasteiger partial charge >= 0.3 is 11.9 Å². The Morgan fingerprint density at radius 1 is 1.00 bits per heavy atom. The fourth-order valence-corrected chi connectivity index (χ4v) is 2.77. The molecule has 0 radical (unpaired) electrons. The molecule has 0 aromatic heterocycles. The van der Waals surface area contributed by atoms with Gasteiger partial charge in [-0.15, -0.1) is 0 Å². The number of amides is 3. The molecule has 12 nitrogen and oxygen atoms in total. The highest BCUT2D eigenvalue weighted by atomic mass is 16.4. The van der Waals surface area contributed by atoms with Gasteiger partial charge in [-0.1, -0.05) is 38.1 Å². The SMILES string of the molecule is CC(C)[C@H](NC(=O)[C@H](CC(=O)O)NC(=O)CNC(=O)CCc1ccc(C(=N)N)cc1)C(=O)O. The molecule has 0 spiro atoms. The fraction of sp³-hybridized carbons (Fsp3) is 0.429. The first-order chi connectivity index (χ1) is 15.4. The summed E-state index contributed by atoms with van der Waals surface area (Å²) in [6.45, 7) is 2.65. The van der Waals surface area contributed by atoms with Crippen LogP contribution in [0.1, 0.15) is 37.8 Å². The van der Waals surface area contributed by atoms with Gasteiger partial charge in [0.05, 0.1) is 13.0 Å². The number of nitrogens with one attached hydrogen (secondary N) is 4. The quantitative estimate of drug-likeness (QED) is 0.145. The van der Waals surface area contributed by atoms with Gasteiger partial charge < -0.3 is 31.9 Å². The second kappa shape index (κ2) is 12.8. The Hall–Kier alpha value is -3.96. The highest BCUT2D eigenvalue weighted by Gasteiger charge is 2.29. The number of aryl methyl sites for hydroxylation is 1.